The largest absolute Gasteiger partial charge is 0.372 e. The van der Waals surface area contributed by atoms with Crippen LogP contribution in [0.15, 0.2) is 42.5 Å². The van der Waals surface area contributed by atoms with Gasteiger partial charge in [0.2, 0.25) is 0 Å². The van der Waals surface area contributed by atoms with Crippen molar-refractivity contribution in [2.75, 3.05) is 28.6 Å². The molecule has 2 aromatic carbocycles. The Kier molecular flexibility index (Phi) is 5.26. The molecule has 2 aromatic rings. The number of hydrogen-bond acceptors (Lipinski definition) is 2. The minimum atomic E-state index is -0.295. The molecule has 2 amide bonds. The molecule has 1 heterocycles. The molecule has 0 atom stereocenters. The Labute approximate surface area is 147 Å². The van der Waals surface area contributed by atoms with Gasteiger partial charge in [-0.25, -0.2) is 4.79 Å². The maximum atomic E-state index is 12.2. The molecule has 0 unspecified atom stereocenters. The number of piperidine rings is 1. The van der Waals surface area contributed by atoms with Gasteiger partial charge in [0.15, 0.2) is 0 Å². The van der Waals surface area contributed by atoms with Crippen molar-refractivity contribution >= 4 is 34.7 Å². The maximum absolute atomic E-state index is 12.2. The Bertz CT molecular complexity index is 689. The molecule has 24 heavy (non-hydrogen) atoms. The number of rotatable bonds is 3. The van der Waals surface area contributed by atoms with Gasteiger partial charge in [-0.2, -0.15) is 0 Å². The zero-order valence-corrected chi connectivity index (χ0v) is 14.6. The zero-order valence-electron chi connectivity index (χ0n) is 13.8. The lowest BCUT2D eigenvalue weighted by Crippen LogP contribution is -2.29. The summed E-state index contributed by atoms with van der Waals surface area (Å²) < 4.78 is 0. The van der Waals surface area contributed by atoms with Crippen molar-refractivity contribution in [2.45, 2.75) is 26.2 Å². The maximum Gasteiger partial charge on any atom is 0.323 e. The summed E-state index contributed by atoms with van der Waals surface area (Å²) in [5.41, 5.74) is 3.54. The molecule has 126 valence electrons. The van der Waals surface area contributed by atoms with Crippen molar-refractivity contribution in [2.24, 2.45) is 0 Å². The summed E-state index contributed by atoms with van der Waals surface area (Å²) in [6, 6.07) is 13.2. The van der Waals surface area contributed by atoms with Crippen molar-refractivity contribution in [3.63, 3.8) is 0 Å². The Balaban J connectivity index is 1.62. The standard InChI is InChI=1S/C19H22ClN3O/c1-14-6-5-7-17(20)18(14)22-19(24)21-15-8-10-16(11-9-15)23-12-3-2-4-13-23/h5-11H,2-4,12-13H2,1H3,(H2,21,22,24). The van der Waals surface area contributed by atoms with Gasteiger partial charge in [0.25, 0.3) is 0 Å². The van der Waals surface area contributed by atoms with Crippen LogP contribution in [0.25, 0.3) is 0 Å². The molecule has 0 bridgehead atoms. The van der Waals surface area contributed by atoms with E-state index in [1.165, 1.54) is 24.9 Å². The second-order valence-electron chi connectivity index (χ2n) is 6.11. The number of benzene rings is 2. The molecule has 1 aliphatic rings. The van der Waals surface area contributed by atoms with Crippen LogP contribution in [0, 0.1) is 6.92 Å². The summed E-state index contributed by atoms with van der Waals surface area (Å²) >= 11 is 6.14. The number of nitrogens with zero attached hydrogens (tertiary/aromatic N) is 1. The molecule has 0 saturated carbocycles. The van der Waals surface area contributed by atoms with E-state index in [4.69, 9.17) is 11.6 Å². The topological polar surface area (TPSA) is 44.4 Å². The third-order valence-corrected chi connectivity index (χ3v) is 4.62. The molecule has 3 rings (SSSR count). The molecule has 2 N–H and O–H groups in total. The first kappa shape index (κ1) is 16.7. The predicted molar refractivity (Wildman–Crippen MR) is 101 cm³/mol. The van der Waals surface area contributed by atoms with Gasteiger partial charge in [-0.3, -0.25) is 0 Å². The van der Waals surface area contributed by atoms with Gasteiger partial charge in [-0.05, 0) is 62.1 Å². The van der Waals surface area contributed by atoms with E-state index in [1.807, 2.05) is 31.2 Å². The van der Waals surface area contributed by atoms with Crippen molar-refractivity contribution in [1.82, 2.24) is 0 Å². The average Bonchev–Trinajstić information content (AvgIpc) is 2.60. The number of carbonyl (C=O) groups excluding carboxylic acids is 1. The smallest absolute Gasteiger partial charge is 0.323 e. The van der Waals surface area contributed by atoms with Gasteiger partial charge in [-0.15, -0.1) is 0 Å². The summed E-state index contributed by atoms with van der Waals surface area (Å²) in [7, 11) is 0. The molecule has 1 fully saturated rings. The summed E-state index contributed by atoms with van der Waals surface area (Å²) in [6.45, 7) is 4.13. The molecule has 1 saturated heterocycles. The van der Waals surface area contributed by atoms with Crippen molar-refractivity contribution in [3.05, 3.63) is 53.1 Å². The number of anilines is 3. The minimum absolute atomic E-state index is 0.295. The van der Waals surface area contributed by atoms with E-state index in [2.05, 4.69) is 27.7 Å². The van der Waals surface area contributed by atoms with Crippen LogP contribution in [-0.4, -0.2) is 19.1 Å². The van der Waals surface area contributed by atoms with Gasteiger partial charge < -0.3 is 15.5 Å². The van der Waals surface area contributed by atoms with Gasteiger partial charge in [0.05, 0.1) is 10.7 Å². The van der Waals surface area contributed by atoms with Crippen LogP contribution < -0.4 is 15.5 Å². The first-order chi connectivity index (χ1) is 11.6. The second-order valence-corrected chi connectivity index (χ2v) is 6.51. The first-order valence-electron chi connectivity index (χ1n) is 8.31. The highest BCUT2D eigenvalue weighted by Crippen LogP contribution is 2.26. The van der Waals surface area contributed by atoms with Crippen LogP contribution in [0.3, 0.4) is 0 Å². The number of halogens is 1. The lowest BCUT2D eigenvalue weighted by atomic mass is 10.1. The van der Waals surface area contributed by atoms with E-state index in [1.54, 1.807) is 6.07 Å². The second kappa shape index (κ2) is 7.58. The molecule has 0 aromatic heterocycles. The molecule has 4 nitrogen and oxygen atoms in total. The number of urea groups is 1. The molecular weight excluding hydrogens is 322 g/mol. The quantitative estimate of drug-likeness (QED) is 0.796. The molecule has 5 heteroatoms. The van der Waals surface area contributed by atoms with E-state index >= 15 is 0 Å². The summed E-state index contributed by atoms with van der Waals surface area (Å²) in [5.74, 6) is 0. The number of nitrogens with one attached hydrogen (secondary N) is 2. The predicted octanol–water partition coefficient (Wildman–Crippen LogP) is 5.28. The molecule has 0 spiro atoms. The molecule has 0 aliphatic carbocycles. The van der Waals surface area contributed by atoms with E-state index in [9.17, 15) is 4.79 Å². The third-order valence-electron chi connectivity index (χ3n) is 4.31. The fourth-order valence-electron chi connectivity index (χ4n) is 2.97. The third kappa shape index (κ3) is 4.01. The van der Waals surface area contributed by atoms with Crippen LogP contribution in [0.2, 0.25) is 5.02 Å². The first-order valence-corrected chi connectivity index (χ1v) is 8.69. The van der Waals surface area contributed by atoms with Gasteiger partial charge in [-0.1, -0.05) is 23.7 Å². The summed E-state index contributed by atoms with van der Waals surface area (Å²) in [4.78, 5) is 14.6. The SMILES string of the molecule is Cc1cccc(Cl)c1NC(=O)Nc1ccc(N2CCCCC2)cc1. The number of carbonyl (C=O) groups is 1. The number of para-hydroxylation sites is 1. The van der Waals surface area contributed by atoms with Gasteiger partial charge in [0.1, 0.15) is 0 Å². The van der Waals surface area contributed by atoms with Crippen LogP contribution in [0.5, 0.6) is 0 Å². The Morgan fingerprint density at radius 1 is 1.00 bits per heavy atom. The van der Waals surface area contributed by atoms with Gasteiger partial charge >= 0.3 is 6.03 Å². The van der Waals surface area contributed by atoms with Crippen LogP contribution in [0.4, 0.5) is 21.9 Å². The van der Waals surface area contributed by atoms with Crippen LogP contribution in [0.1, 0.15) is 24.8 Å². The lowest BCUT2D eigenvalue weighted by molar-refractivity contribution is 0.262. The normalized spacial score (nSPS) is 14.3. The van der Waals surface area contributed by atoms with Crippen LogP contribution >= 0.6 is 11.6 Å². The molecule has 0 radical (unpaired) electrons. The molecular formula is C19H22ClN3O. The Hall–Kier alpha value is -2.20. The summed E-state index contributed by atoms with van der Waals surface area (Å²) in [5, 5.41) is 6.19. The van der Waals surface area contributed by atoms with Crippen molar-refractivity contribution in [1.29, 1.82) is 0 Å². The highest BCUT2D eigenvalue weighted by Gasteiger charge is 2.11. The number of hydrogen-bond donors (Lipinski definition) is 2. The van der Waals surface area contributed by atoms with E-state index in [-0.39, 0.29) is 6.03 Å². The highest BCUT2D eigenvalue weighted by atomic mass is 35.5. The fraction of sp³-hybridized carbons (Fsp3) is 0.316. The van der Waals surface area contributed by atoms with Crippen molar-refractivity contribution < 1.29 is 4.79 Å². The number of amides is 2. The monoisotopic (exact) mass is 343 g/mol. The Morgan fingerprint density at radius 2 is 1.71 bits per heavy atom. The van der Waals surface area contributed by atoms with E-state index < -0.39 is 0 Å². The van der Waals surface area contributed by atoms with E-state index in [0.717, 1.165) is 24.3 Å². The summed E-state index contributed by atoms with van der Waals surface area (Å²) in [6.07, 6.45) is 3.82. The van der Waals surface area contributed by atoms with Crippen LogP contribution in [-0.2, 0) is 0 Å². The Morgan fingerprint density at radius 3 is 2.38 bits per heavy atom. The molecule has 1 aliphatic heterocycles. The lowest BCUT2D eigenvalue weighted by Gasteiger charge is -2.28. The highest BCUT2D eigenvalue weighted by molar-refractivity contribution is 6.34. The van der Waals surface area contributed by atoms with Crippen molar-refractivity contribution in [3.8, 4) is 0 Å². The zero-order chi connectivity index (χ0) is 16.9. The van der Waals surface area contributed by atoms with E-state index in [0.29, 0.717) is 10.7 Å². The van der Waals surface area contributed by atoms with Gasteiger partial charge in [0, 0.05) is 24.5 Å². The minimum Gasteiger partial charge on any atom is -0.372 e. The number of aryl methyl sites for hydroxylation is 1. The average molecular weight is 344 g/mol. The fourth-order valence-corrected chi connectivity index (χ4v) is 3.24.